The molecule has 0 bridgehead atoms. The quantitative estimate of drug-likeness (QED) is 0.687. The van der Waals surface area contributed by atoms with Crippen molar-refractivity contribution in [3.63, 3.8) is 0 Å². The Morgan fingerprint density at radius 2 is 1.63 bits per heavy atom. The molecule has 19 heavy (non-hydrogen) atoms. The van der Waals surface area contributed by atoms with Gasteiger partial charge in [-0.2, -0.15) is 0 Å². The van der Waals surface area contributed by atoms with E-state index < -0.39 is 0 Å². The van der Waals surface area contributed by atoms with Crippen molar-refractivity contribution in [2.75, 3.05) is 0 Å². The monoisotopic (exact) mass is 260 g/mol. The Kier molecular flexibility index (Phi) is 6.27. The van der Waals surface area contributed by atoms with E-state index in [1.165, 1.54) is 11.1 Å². The molecule has 0 unspecified atom stereocenters. The molecule has 1 atom stereocenters. The molecule has 1 aromatic carbocycles. The first-order valence-electron chi connectivity index (χ1n) is 7.48. The van der Waals surface area contributed by atoms with Crippen LogP contribution in [0.15, 0.2) is 24.3 Å². The SMILES string of the molecule is Cc1ccc(C[C@@H](CCC(=O)C(C)C)C(C)C)cc1. The average Bonchev–Trinajstić information content (AvgIpc) is 2.35. The number of carbonyl (C=O) groups excluding carboxylic acids is 1. The van der Waals surface area contributed by atoms with Gasteiger partial charge in [-0.3, -0.25) is 4.79 Å². The van der Waals surface area contributed by atoms with E-state index in [0.717, 1.165) is 19.3 Å². The van der Waals surface area contributed by atoms with Gasteiger partial charge in [-0.25, -0.2) is 0 Å². The predicted octanol–water partition coefficient (Wildman–Crippen LogP) is 4.82. The molecule has 0 spiro atoms. The summed E-state index contributed by atoms with van der Waals surface area (Å²) in [5, 5.41) is 0. The zero-order valence-electron chi connectivity index (χ0n) is 13.1. The smallest absolute Gasteiger partial charge is 0.135 e. The molecular weight excluding hydrogens is 232 g/mol. The molecular formula is C18H28O. The van der Waals surface area contributed by atoms with Crippen molar-refractivity contribution in [1.82, 2.24) is 0 Å². The lowest BCUT2D eigenvalue weighted by Crippen LogP contribution is -2.16. The summed E-state index contributed by atoms with van der Waals surface area (Å²) in [5.41, 5.74) is 2.70. The molecule has 0 radical (unpaired) electrons. The number of rotatable bonds is 7. The van der Waals surface area contributed by atoms with Gasteiger partial charge < -0.3 is 0 Å². The third-order valence-corrected chi connectivity index (χ3v) is 3.97. The van der Waals surface area contributed by atoms with Crippen molar-refractivity contribution < 1.29 is 4.79 Å². The van der Waals surface area contributed by atoms with E-state index in [2.05, 4.69) is 45.0 Å². The van der Waals surface area contributed by atoms with Gasteiger partial charge in [-0.1, -0.05) is 57.5 Å². The second-order valence-corrected chi connectivity index (χ2v) is 6.35. The van der Waals surface area contributed by atoms with Crippen LogP contribution in [0.5, 0.6) is 0 Å². The van der Waals surface area contributed by atoms with Crippen LogP contribution in [0, 0.1) is 24.7 Å². The van der Waals surface area contributed by atoms with E-state index >= 15 is 0 Å². The average molecular weight is 260 g/mol. The molecule has 0 aromatic heterocycles. The fraction of sp³-hybridized carbons (Fsp3) is 0.611. The third-order valence-electron chi connectivity index (χ3n) is 3.97. The summed E-state index contributed by atoms with van der Waals surface area (Å²) in [5.74, 6) is 1.80. The summed E-state index contributed by atoms with van der Waals surface area (Å²) in [7, 11) is 0. The third kappa shape index (κ3) is 5.59. The molecule has 0 aliphatic rings. The number of hydrogen-bond acceptors (Lipinski definition) is 1. The summed E-state index contributed by atoms with van der Waals surface area (Å²) in [6.07, 6.45) is 2.83. The van der Waals surface area contributed by atoms with Crippen LogP contribution >= 0.6 is 0 Å². The van der Waals surface area contributed by atoms with E-state index in [-0.39, 0.29) is 5.92 Å². The topological polar surface area (TPSA) is 17.1 Å². The van der Waals surface area contributed by atoms with E-state index in [1.54, 1.807) is 0 Å². The lowest BCUT2D eigenvalue weighted by atomic mass is 9.84. The van der Waals surface area contributed by atoms with Crippen LogP contribution in [0.25, 0.3) is 0 Å². The van der Waals surface area contributed by atoms with Crippen LogP contribution in [0.2, 0.25) is 0 Å². The zero-order valence-corrected chi connectivity index (χ0v) is 13.1. The highest BCUT2D eigenvalue weighted by Crippen LogP contribution is 2.23. The maximum atomic E-state index is 11.8. The van der Waals surface area contributed by atoms with Gasteiger partial charge in [0.2, 0.25) is 0 Å². The molecule has 0 fully saturated rings. The number of hydrogen-bond donors (Lipinski definition) is 0. The maximum Gasteiger partial charge on any atom is 0.135 e. The van der Waals surface area contributed by atoms with Gasteiger partial charge in [0.1, 0.15) is 5.78 Å². The second-order valence-electron chi connectivity index (χ2n) is 6.35. The van der Waals surface area contributed by atoms with Crippen molar-refractivity contribution in [3.05, 3.63) is 35.4 Å². The lowest BCUT2D eigenvalue weighted by molar-refractivity contribution is -0.122. The van der Waals surface area contributed by atoms with Crippen LogP contribution < -0.4 is 0 Å². The summed E-state index contributed by atoms with van der Waals surface area (Å²) < 4.78 is 0. The minimum atomic E-state index is 0.173. The minimum Gasteiger partial charge on any atom is -0.299 e. The summed E-state index contributed by atoms with van der Waals surface area (Å²) in [6.45, 7) is 10.6. The van der Waals surface area contributed by atoms with Crippen molar-refractivity contribution in [1.29, 1.82) is 0 Å². The first kappa shape index (κ1) is 15.9. The van der Waals surface area contributed by atoms with Crippen molar-refractivity contribution in [3.8, 4) is 0 Å². The van der Waals surface area contributed by atoms with Gasteiger partial charge in [0.25, 0.3) is 0 Å². The molecule has 106 valence electrons. The maximum absolute atomic E-state index is 11.8. The van der Waals surface area contributed by atoms with Crippen molar-refractivity contribution >= 4 is 5.78 Å². The molecule has 1 heteroatoms. The normalized spacial score (nSPS) is 13.0. The van der Waals surface area contributed by atoms with Gasteiger partial charge in [0, 0.05) is 12.3 Å². The first-order valence-corrected chi connectivity index (χ1v) is 7.48. The van der Waals surface area contributed by atoms with Gasteiger partial charge in [0.15, 0.2) is 0 Å². The van der Waals surface area contributed by atoms with Crippen LogP contribution in [0.3, 0.4) is 0 Å². The Hall–Kier alpha value is -1.11. The molecule has 0 aliphatic heterocycles. The Balaban J connectivity index is 2.58. The number of benzene rings is 1. The van der Waals surface area contributed by atoms with Gasteiger partial charge in [0.05, 0.1) is 0 Å². The predicted molar refractivity (Wildman–Crippen MR) is 82.3 cm³/mol. The molecule has 0 amide bonds. The highest BCUT2D eigenvalue weighted by molar-refractivity contribution is 5.80. The summed E-state index contributed by atoms with van der Waals surface area (Å²) >= 11 is 0. The largest absolute Gasteiger partial charge is 0.299 e. The highest BCUT2D eigenvalue weighted by Gasteiger charge is 2.17. The molecule has 0 heterocycles. The number of Topliss-reactive ketones (excluding diaryl/α,β-unsaturated/α-hetero) is 1. The zero-order chi connectivity index (χ0) is 14.4. The van der Waals surface area contributed by atoms with Gasteiger partial charge >= 0.3 is 0 Å². The Morgan fingerprint density at radius 1 is 1.05 bits per heavy atom. The van der Waals surface area contributed by atoms with E-state index in [4.69, 9.17) is 0 Å². The van der Waals surface area contributed by atoms with E-state index in [9.17, 15) is 4.79 Å². The Labute approximate surface area is 118 Å². The van der Waals surface area contributed by atoms with E-state index in [1.807, 2.05) is 13.8 Å². The van der Waals surface area contributed by atoms with Crippen molar-refractivity contribution in [2.45, 2.75) is 53.9 Å². The highest BCUT2D eigenvalue weighted by atomic mass is 16.1. The van der Waals surface area contributed by atoms with Crippen molar-refractivity contribution in [2.24, 2.45) is 17.8 Å². The number of ketones is 1. The minimum absolute atomic E-state index is 0.173. The van der Waals surface area contributed by atoms with Crippen LogP contribution in [-0.2, 0) is 11.2 Å². The molecule has 1 aromatic rings. The molecule has 0 aliphatic carbocycles. The molecule has 1 rings (SSSR count). The molecule has 0 N–H and O–H groups in total. The Morgan fingerprint density at radius 3 is 2.11 bits per heavy atom. The van der Waals surface area contributed by atoms with Gasteiger partial charge in [-0.15, -0.1) is 0 Å². The van der Waals surface area contributed by atoms with Crippen LogP contribution in [0.1, 0.15) is 51.7 Å². The van der Waals surface area contributed by atoms with Gasteiger partial charge in [-0.05, 0) is 37.2 Å². The fourth-order valence-corrected chi connectivity index (χ4v) is 2.31. The van der Waals surface area contributed by atoms with Crippen LogP contribution in [-0.4, -0.2) is 5.78 Å². The molecule has 0 saturated carbocycles. The standard InChI is InChI=1S/C18H28O/c1-13(2)17(10-11-18(19)14(3)4)12-16-8-6-15(5)7-9-16/h6-9,13-14,17H,10-12H2,1-5H3/t17-/m1/s1. The molecule has 0 saturated heterocycles. The van der Waals surface area contributed by atoms with Crippen LogP contribution in [0.4, 0.5) is 0 Å². The number of carbonyl (C=O) groups is 1. The molecule has 1 nitrogen and oxygen atoms in total. The first-order chi connectivity index (χ1) is 8.90. The fourth-order valence-electron chi connectivity index (χ4n) is 2.31. The number of aryl methyl sites for hydroxylation is 1. The van der Waals surface area contributed by atoms with E-state index in [0.29, 0.717) is 17.6 Å². The summed E-state index contributed by atoms with van der Waals surface area (Å²) in [6, 6.07) is 8.78. The second kappa shape index (κ2) is 7.47. The summed E-state index contributed by atoms with van der Waals surface area (Å²) in [4.78, 5) is 11.8. The Bertz CT molecular complexity index is 387. The lowest BCUT2D eigenvalue weighted by Gasteiger charge is -2.21.